The molecule has 7 nitrogen and oxygen atoms in total. The van der Waals surface area contributed by atoms with E-state index in [1.807, 2.05) is 0 Å². The van der Waals surface area contributed by atoms with Crippen LogP contribution in [0.15, 0.2) is 22.6 Å². The molecule has 0 atom stereocenters. The normalized spacial score (nSPS) is 10.0. The summed E-state index contributed by atoms with van der Waals surface area (Å²) in [4.78, 5) is 14.3. The third-order valence-corrected chi connectivity index (χ3v) is 2.42. The Morgan fingerprint density at radius 2 is 2.28 bits per heavy atom. The van der Waals surface area contributed by atoms with Gasteiger partial charge in [-0.2, -0.15) is 10.2 Å². The summed E-state index contributed by atoms with van der Waals surface area (Å²) in [5.74, 6) is -0.168. The van der Waals surface area contributed by atoms with Gasteiger partial charge in [-0.3, -0.25) is 10.1 Å². The largest absolute Gasteiger partial charge is 0.419 e. The smallest absolute Gasteiger partial charge is 0.282 e. The molecule has 2 N–H and O–H groups in total. The molecule has 0 saturated carbocycles. The summed E-state index contributed by atoms with van der Waals surface area (Å²) in [6.07, 6.45) is 0. The fourth-order valence-electron chi connectivity index (χ4n) is 1.60. The van der Waals surface area contributed by atoms with Crippen molar-refractivity contribution in [3.8, 4) is 17.5 Å². The minimum absolute atomic E-state index is 0.0196. The Bertz CT molecular complexity index is 669. The average Bonchev–Trinajstić information content (AvgIpc) is 2.69. The Morgan fingerprint density at radius 3 is 2.83 bits per heavy atom. The molecule has 1 aromatic heterocycles. The molecule has 0 bridgehead atoms. The van der Waals surface area contributed by atoms with Gasteiger partial charge in [-0.25, -0.2) is 0 Å². The highest BCUT2D eigenvalue weighted by Gasteiger charge is 2.23. The fourth-order valence-corrected chi connectivity index (χ4v) is 1.60. The Kier molecular flexibility index (Phi) is 2.69. The standard InChI is InChI=1S/C11H8N4O3/c1-6-3-2-4-8(15(16)17)9(6)11-14-7(5-12)10(13)18-11/h2-4H,13H2,1H3. The molecule has 1 aromatic carbocycles. The van der Waals surface area contributed by atoms with E-state index < -0.39 is 4.92 Å². The van der Waals surface area contributed by atoms with Crippen LogP contribution in [0.2, 0.25) is 0 Å². The SMILES string of the molecule is Cc1cccc([N+](=O)[O-])c1-c1nc(C#N)c(N)o1. The second kappa shape index (κ2) is 4.18. The molecule has 0 amide bonds. The van der Waals surface area contributed by atoms with Crippen LogP contribution < -0.4 is 5.73 Å². The molecule has 90 valence electrons. The molecule has 0 spiro atoms. The summed E-state index contributed by atoms with van der Waals surface area (Å²) >= 11 is 0. The number of oxazole rings is 1. The number of aryl methyl sites for hydroxylation is 1. The number of nitrogen functional groups attached to an aromatic ring is 1. The summed E-state index contributed by atoms with van der Waals surface area (Å²) in [6.45, 7) is 1.69. The molecule has 0 aliphatic heterocycles. The lowest BCUT2D eigenvalue weighted by atomic mass is 10.1. The number of hydrogen-bond acceptors (Lipinski definition) is 6. The van der Waals surface area contributed by atoms with E-state index in [4.69, 9.17) is 15.4 Å². The van der Waals surface area contributed by atoms with Crippen molar-refractivity contribution in [2.75, 3.05) is 5.73 Å². The first-order valence-electron chi connectivity index (χ1n) is 4.95. The minimum atomic E-state index is -0.533. The Labute approximate surface area is 102 Å². The number of nitro groups is 1. The molecular weight excluding hydrogens is 236 g/mol. The second-order valence-electron chi connectivity index (χ2n) is 3.57. The zero-order valence-corrected chi connectivity index (χ0v) is 9.38. The maximum absolute atomic E-state index is 10.9. The van der Waals surface area contributed by atoms with E-state index in [0.29, 0.717) is 5.56 Å². The van der Waals surface area contributed by atoms with E-state index in [-0.39, 0.29) is 28.7 Å². The molecule has 0 saturated heterocycles. The Balaban J connectivity index is 2.70. The second-order valence-corrected chi connectivity index (χ2v) is 3.57. The number of nitro benzene ring substituents is 1. The fraction of sp³-hybridized carbons (Fsp3) is 0.0909. The highest BCUT2D eigenvalue weighted by Crippen LogP contribution is 2.33. The highest BCUT2D eigenvalue weighted by atomic mass is 16.6. The van der Waals surface area contributed by atoms with Gasteiger partial charge in [0.1, 0.15) is 11.6 Å². The van der Waals surface area contributed by atoms with E-state index in [1.54, 1.807) is 25.1 Å². The molecule has 18 heavy (non-hydrogen) atoms. The maximum Gasteiger partial charge on any atom is 0.282 e. The molecule has 0 fully saturated rings. The molecule has 2 rings (SSSR count). The van der Waals surface area contributed by atoms with Gasteiger partial charge in [-0.15, -0.1) is 0 Å². The van der Waals surface area contributed by atoms with Crippen LogP contribution in [0, 0.1) is 28.4 Å². The minimum Gasteiger partial charge on any atom is -0.419 e. The first-order valence-corrected chi connectivity index (χ1v) is 4.95. The predicted molar refractivity (Wildman–Crippen MR) is 62.5 cm³/mol. The van der Waals surface area contributed by atoms with Crippen molar-refractivity contribution in [3.63, 3.8) is 0 Å². The number of aromatic nitrogens is 1. The number of rotatable bonds is 2. The van der Waals surface area contributed by atoms with Crippen molar-refractivity contribution < 1.29 is 9.34 Å². The Morgan fingerprint density at radius 1 is 1.56 bits per heavy atom. The van der Waals surface area contributed by atoms with Crippen molar-refractivity contribution >= 4 is 11.6 Å². The zero-order valence-electron chi connectivity index (χ0n) is 9.38. The molecule has 0 radical (unpaired) electrons. The highest BCUT2D eigenvalue weighted by molar-refractivity contribution is 5.72. The van der Waals surface area contributed by atoms with E-state index in [0.717, 1.165) is 0 Å². The van der Waals surface area contributed by atoms with Crippen LogP contribution in [0.25, 0.3) is 11.5 Å². The lowest BCUT2D eigenvalue weighted by molar-refractivity contribution is -0.384. The topological polar surface area (TPSA) is 119 Å². The van der Waals surface area contributed by atoms with Gasteiger partial charge in [0.2, 0.25) is 17.5 Å². The van der Waals surface area contributed by atoms with Crippen LogP contribution in [0.3, 0.4) is 0 Å². The number of nitrogens with two attached hydrogens (primary N) is 1. The average molecular weight is 244 g/mol. The van der Waals surface area contributed by atoms with Crippen molar-refractivity contribution in [2.45, 2.75) is 6.92 Å². The third-order valence-electron chi connectivity index (χ3n) is 2.42. The van der Waals surface area contributed by atoms with Crippen LogP contribution in [0.1, 0.15) is 11.3 Å². The van der Waals surface area contributed by atoms with Crippen LogP contribution >= 0.6 is 0 Å². The van der Waals surface area contributed by atoms with E-state index in [2.05, 4.69) is 4.98 Å². The molecule has 7 heteroatoms. The van der Waals surface area contributed by atoms with Gasteiger partial charge >= 0.3 is 0 Å². The number of hydrogen-bond donors (Lipinski definition) is 1. The molecule has 2 aromatic rings. The first kappa shape index (κ1) is 11.6. The quantitative estimate of drug-likeness (QED) is 0.637. The van der Waals surface area contributed by atoms with Gasteiger partial charge < -0.3 is 10.2 Å². The van der Waals surface area contributed by atoms with Crippen molar-refractivity contribution in [2.24, 2.45) is 0 Å². The predicted octanol–water partition coefficient (Wildman–Crippen LogP) is 2.01. The molecule has 1 heterocycles. The molecule has 0 aliphatic carbocycles. The van der Waals surface area contributed by atoms with Gasteiger partial charge in [0.25, 0.3) is 5.69 Å². The number of nitriles is 1. The Hall–Kier alpha value is -2.88. The van der Waals surface area contributed by atoms with E-state index in [9.17, 15) is 10.1 Å². The van der Waals surface area contributed by atoms with Crippen molar-refractivity contribution in [1.82, 2.24) is 4.98 Å². The summed E-state index contributed by atoms with van der Waals surface area (Å²) in [5, 5.41) is 19.7. The monoisotopic (exact) mass is 244 g/mol. The zero-order chi connectivity index (χ0) is 13.3. The number of nitrogens with zero attached hydrogens (tertiary/aromatic N) is 3. The van der Waals surface area contributed by atoms with Gasteiger partial charge in [0, 0.05) is 6.07 Å². The van der Waals surface area contributed by atoms with E-state index in [1.165, 1.54) is 6.07 Å². The summed E-state index contributed by atoms with van der Waals surface area (Å²) in [6, 6.07) is 6.35. The third kappa shape index (κ3) is 1.76. The van der Waals surface area contributed by atoms with E-state index >= 15 is 0 Å². The van der Waals surface area contributed by atoms with Crippen LogP contribution in [0.4, 0.5) is 11.6 Å². The lowest BCUT2D eigenvalue weighted by Gasteiger charge is -2.01. The van der Waals surface area contributed by atoms with Crippen molar-refractivity contribution in [1.29, 1.82) is 5.26 Å². The van der Waals surface area contributed by atoms with Gasteiger partial charge in [-0.05, 0) is 12.5 Å². The van der Waals surface area contributed by atoms with Gasteiger partial charge in [-0.1, -0.05) is 12.1 Å². The van der Waals surface area contributed by atoms with Crippen LogP contribution in [-0.4, -0.2) is 9.91 Å². The molecule has 0 unspecified atom stereocenters. The van der Waals surface area contributed by atoms with Crippen molar-refractivity contribution in [3.05, 3.63) is 39.6 Å². The van der Waals surface area contributed by atoms with Gasteiger partial charge in [0.15, 0.2) is 0 Å². The molecular formula is C11H8N4O3. The summed E-state index contributed by atoms with van der Waals surface area (Å²) in [7, 11) is 0. The molecule has 0 aliphatic rings. The summed E-state index contributed by atoms with van der Waals surface area (Å²) in [5.41, 5.74) is 6.08. The first-order chi connectivity index (χ1) is 8.54. The lowest BCUT2D eigenvalue weighted by Crippen LogP contribution is -1.94. The van der Waals surface area contributed by atoms with Gasteiger partial charge in [0.05, 0.1) is 4.92 Å². The maximum atomic E-state index is 10.9. The number of anilines is 1. The van der Waals surface area contributed by atoms with Crippen LogP contribution in [0.5, 0.6) is 0 Å². The number of benzene rings is 1. The van der Waals surface area contributed by atoms with Crippen LogP contribution in [-0.2, 0) is 0 Å². The summed E-state index contributed by atoms with van der Waals surface area (Å²) < 4.78 is 5.10.